The van der Waals surface area contributed by atoms with Gasteiger partial charge in [-0.2, -0.15) is 0 Å². The Labute approximate surface area is 157 Å². The van der Waals surface area contributed by atoms with Crippen LogP contribution in [0.3, 0.4) is 0 Å². The molecule has 1 heterocycles. The number of aliphatic hydroxyl groups excluding tert-OH is 2. The number of nitrogens with one attached hydrogen (secondary N) is 1. The number of aromatic nitrogens is 1. The van der Waals surface area contributed by atoms with Crippen LogP contribution < -0.4 is 5.32 Å². The van der Waals surface area contributed by atoms with E-state index in [9.17, 15) is 15.0 Å². The Morgan fingerprint density at radius 2 is 1.89 bits per heavy atom. The van der Waals surface area contributed by atoms with Crippen molar-refractivity contribution < 1.29 is 19.7 Å². The number of ether oxygens (including phenoxy) is 1. The molecule has 1 aromatic heterocycles. The van der Waals surface area contributed by atoms with E-state index < -0.39 is 18.3 Å². The maximum atomic E-state index is 11.7. The molecule has 3 aromatic rings. The monoisotopic (exact) mass is 366 g/mol. The Hall–Kier alpha value is -2.96. The van der Waals surface area contributed by atoms with E-state index in [1.807, 2.05) is 48.5 Å². The first-order chi connectivity index (χ1) is 13.1. The molecule has 6 heteroatoms. The van der Waals surface area contributed by atoms with E-state index in [1.54, 1.807) is 18.5 Å². The Kier molecular flexibility index (Phi) is 6.35. The lowest BCUT2D eigenvalue weighted by Crippen LogP contribution is -2.29. The molecule has 1 amide bonds. The fraction of sp³-hybridized carbons (Fsp3) is 0.238. The van der Waals surface area contributed by atoms with Crippen LogP contribution in [0.1, 0.15) is 23.7 Å². The fourth-order valence-electron chi connectivity index (χ4n) is 2.86. The quantitative estimate of drug-likeness (QED) is 0.598. The second-order valence-corrected chi connectivity index (χ2v) is 6.23. The molecule has 2 unspecified atom stereocenters. The molecule has 2 aromatic carbocycles. The highest BCUT2D eigenvalue weighted by atomic mass is 16.5. The second kappa shape index (κ2) is 9.12. The first-order valence-corrected chi connectivity index (χ1v) is 8.78. The maximum Gasteiger partial charge on any atom is 0.407 e. The van der Waals surface area contributed by atoms with Gasteiger partial charge >= 0.3 is 6.09 Å². The van der Waals surface area contributed by atoms with Crippen LogP contribution in [0.2, 0.25) is 0 Å². The van der Waals surface area contributed by atoms with Crippen LogP contribution in [0, 0.1) is 0 Å². The van der Waals surface area contributed by atoms with Crippen LogP contribution >= 0.6 is 0 Å². The predicted octanol–water partition coefficient (Wildman–Crippen LogP) is 2.95. The molecule has 0 aliphatic carbocycles. The molecule has 0 aliphatic rings. The van der Waals surface area contributed by atoms with Crippen LogP contribution in [0.5, 0.6) is 0 Å². The van der Waals surface area contributed by atoms with Crippen molar-refractivity contribution in [1.82, 2.24) is 10.3 Å². The molecule has 0 saturated heterocycles. The Morgan fingerprint density at radius 3 is 2.70 bits per heavy atom. The number of aliphatic hydroxyl groups is 2. The van der Waals surface area contributed by atoms with Crippen molar-refractivity contribution in [2.45, 2.75) is 25.2 Å². The molecule has 27 heavy (non-hydrogen) atoms. The fourth-order valence-corrected chi connectivity index (χ4v) is 2.86. The highest BCUT2D eigenvalue weighted by molar-refractivity contribution is 5.85. The van der Waals surface area contributed by atoms with Crippen molar-refractivity contribution in [3.8, 4) is 0 Å². The molecular weight excluding hydrogens is 344 g/mol. The number of fused-ring (bicyclic) bond motifs is 1. The summed E-state index contributed by atoms with van der Waals surface area (Å²) < 4.78 is 5.11. The number of hydrogen-bond acceptors (Lipinski definition) is 5. The largest absolute Gasteiger partial charge is 0.445 e. The Balaban J connectivity index is 1.48. The minimum Gasteiger partial charge on any atom is -0.445 e. The normalized spacial score (nSPS) is 13.1. The Bertz CT molecular complexity index is 880. The average Bonchev–Trinajstić information content (AvgIpc) is 2.72. The summed E-state index contributed by atoms with van der Waals surface area (Å²) in [5.41, 5.74) is 1.51. The first kappa shape index (κ1) is 18.8. The number of nitrogens with zero attached hydrogens (tertiary/aromatic N) is 1. The maximum absolute atomic E-state index is 11.7. The van der Waals surface area contributed by atoms with Crippen molar-refractivity contribution in [3.05, 3.63) is 78.1 Å². The SMILES string of the molecule is O=C(NCCC(O)C(O)c1cccc2ccncc12)OCc1ccccc1. The van der Waals surface area contributed by atoms with E-state index in [0.717, 1.165) is 16.3 Å². The molecular formula is C21H22N2O4. The summed E-state index contributed by atoms with van der Waals surface area (Å²) in [4.78, 5) is 15.8. The van der Waals surface area contributed by atoms with E-state index in [1.165, 1.54) is 0 Å². The van der Waals surface area contributed by atoms with Gasteiger partial charge in [-0.05, 0) is 29.0 Å². The minimum atomic E-state index is -1.07. The van der Waals surface area contributed by atoms with Gasteiger partial charge in [0.2, 0.25) is 0 Å². The number of amides is 1. The summed E-state index contributed by atoms with van der Waals surface area (Å²) in [7, 11) is 0. The van der Waals surface area contributed by atoms with Crippen LogP contribution in [0.15, 0.2) is 67.0 Å². The van der Waals surface area contributed by atoms with Crippen molar-refractivity contribution in [2.75, 3.05) is 6.54 Å². The topological polar surface area (TPSA) is 91.7 Å². The zero-order chi connectivity index (χ0) is 19.1. The predicted molar refractivity (Wildman–Crippen MR) is 102 cm³/mol. The van der Waals surface area contributed by atoms with Gasteiger partial charge in [-0.3, -0.25) is 4.98 Å². The van der Waals surface area contributed by atoms with Crippen molar-refractivity contribution in [1.29, 1.82) is 0 Å². The lowest BCUT2D eigenvalue weighted by molar-refractivity contribution is 0.0145. The van der Waals surface area contributed by atoms with Gasteiger partial charge in [-0.1, -0.05) is 48.5 Å². The molecule has 0 fully saturated rings. The third kappa shape index (κ3) is 5.03. The highest BCUT2D eigenvalue weighted by Crippen LogP contribution is 2.26. The van der Waals surface area contributed by atoms with Gasteiger partial charge in [0.15, 0.2) is 0 Å². The number of pyridine rings is 1. The minimum absolute atomic E-state index is 0.181. The van der Waals surface area contributed by atoms with Gasteiger partial charge in [0.05, 0.1) is 6.10 Å². The van der Waals surface area contributed by atoms with Gasteiger partial charge < -0.3 is 20.3 Å². The summed E-state index contributed by atoms with van der Waals surface area (Å²) in [5.74, 6) is 0. The van der Waals surface area contributed by atoms with Crippen molar-refractivity contribution in [3.63, 3.8) is 0 Å². The number of carbonyl (C=O) groups excluding carboxylic acids is 1. The summed E-state index contributed by atoms with van der Waals surface area (Å²) in [5, 5.41) is 25.1. The van der Waals surface area contributed by atoms with Crippen molar-refractivity contribution >= 4 is 16.9 Å². The van der Waals surface area contributed by atoms with Crippen molar-refractivity contribution in [2.24, 2.45) is 0 Å². The standard InChI is InChI=1S/C21H22N2O4/c24-19(10-12-23-21(26)27-14-15-5-2-1-3-6-15)20(25)17-8-4-7-16-9-11-22-13-18(16)17/h1-9,11,13,19-20,24-25H,10,12,14H2,(H,23,26). The van der Waals surface area contributed by atoms with E-state index in [2.05, 4.69) is 10.3 Å². The lowest BCUT2D eigenvalue weighted by Gasteiger charge is -2.19. The molecule has 140 valence electrons. The van der Waals surface area contributed by atoms with Gasteiger partial charge in [0.25, 0.3) is 0 Å². The zero-order valence-electron chi connectivity index (χ0n) is 14.8. The third-order valence-corrected chi connectivity index (χ3v) is 4.32. The summed E-state index contributed by atoms with van der Waals surface area (Å²) in [6.45, 7) is 0.371. The first-order valence-electron chi connectivity index (χ1n) is 8.78. The zero-order valence-corrected chi connectivity index (χ0v) is 14.8. The second-order valence-electron chi connectivity index (χ2n) is 6.23. The molecule has 0 aliphatic heterocycles. The molecule has 3 N–H and O–H groups in total. The van der Waals surface area contributed by atoms with Crippen LogP contribution in [0.25, 0.3) is 10.8 Å². The lowest BCUT2D eigenvalue weighted by atomic mass is 9.97. The number of hydrogen-bond donors (Lipinski definition) is 3. The van der Waals surface area contributed by atoms with Gasteiger partial charge in [-0.25, -0.2) is 4.79 Å². The number of carbonyl (C=O) groups is 1. The molecule has 2 atom stereocenters. The number of benzene rings is 2. The average molecular weight is 366 g/mol. The van der Waals surface area contributed by atoms with E-state index in [-0.39, 0.29) is 19.6 Å². The molecule has 0 spiro atoms. The molecule has 0 radical (unpaired) electrons. The van der Waals surface area contributed by atoms with E-state index in [0.29, 0.717) is 5.56 Å². The van der Waals surface area contributed by atoms with Crippen LogP contribution in [-0.2, 0) is 11.3 Å². The van der Waals surface area contributed by atoms with Crippen LogP contribution in [-0.4, -0.2) is 33.9 Å². The highest BCUT2D eigenvalue weighted by Gasteiger charge is 2.20. The van der Waals surface area contributed by atoms with E-state index >= 15 is 0 Å². The number of alkyl carbamates (subject to hydrolysis) is 1. The molecule has 6 nitrogen and oxygen atoms in total. The number of rotatable bonds is 7. The summed E-state index contributed by atoms with van der Waals surface area (Å²) in [6.07, 6.45) is 0.887. The smallest absolute Gasteiger partial charge is 0.407 e. The molecule has 0 bridgehead atoms. The van der Waals surface area contributed by atoms with Gasteiger partial charge in [0.1, 0.15) is 12.7 Å². The van der Waals surface area contributed by atoms with Gasteiger partial charge in [-0.15, -0.1) is 0 Å². The summed E-state index contributed by atoms with van der Waals surface area (Å²) in [6, 6.07) is 16.7. The molecule has 3 rings (SSSR count). The van der Waals surface area contributed by atoms with Crippen LogP contribution in [0.4, 0.5) is 4.79 Å². The summed E-state index contributed by atoms with van der Waals surface area (Å²) >= 11 is 0. The third-order valence-electron chi connectivity index (χ3n) is 4.32. The van der Waals surface area contributed by atoms with Gasteiger partial charge in [0, 0.05) is 24.3 Å². The molecule has 0 saturated carbocycles. The van der Waals surface area contributed by atoms with E-state index in [4.69, 9.17) is 4.74 Å². The Morgan fingerprint density at radius 1 is 1.07 bits per heavy atom.